The van der Waals surface area contributed by atoms with Crippen molar-refractivity contribution in [2.75, 3.05) is 20.2 Å². The quantitative estimate of drug-likeness (QED) is 0.746. The Labute approximate surface area is 165 Å². The summed E-state index contributed by atoms with van der Waals surface area (Å²) >= 11 is 0. The molecule has 1 aromatic rings. The van der Waals surface area contributed by atoms with Gasteiger partial charge in [0.15, 0.2) is 0 Å². The van der Waals surface area contributed by atoms with E-state index in [1.54, 1.807) is 31.4 Å². The summed E-state index contributed by atoms with van der Waals surface area (Å²) in [5.74, 6) is 0.435. The Balaban J connectivity index is 1.67. The van der Waals surface area contributed by atoms with Gasteiger partial charge in [-0.3, -0.25) is 14.4 Å². The number of methoxy groups -OCH3 is 1. The molecule has 28 heavy (non-hydrogen) atoms. The second-order valence-electron chi connectivity index (χ2n) is 7.53. The van der Waals surface area contributed by atoms with Crippen LogP contribution in [-0.4, -0.2) is 54.9 Å². The molecule has 1 heterocycles. The summed E-state index contributed by atoms with van der Waals surface area (Å²) < 4.78 is 5.12. The van der Waals surface area contributed by atoms with E-state index >= 15 is 0 Å². The van der Waals surface area contributed by atoms with Crippen LogP contribution in [0.25, 0.3) is 0 Å². The van der Waals surface area contributed by atoms with Gasteiger partial charge in [0.05, 0.1) is 7.11 Å². The summed E-state index contributed by atoms with van der Waals surface area (Å²) in [4.78, 5) is 39.3. The maximum Gasteiger partial charge on any atom is 0.251 e. The zero-order chi connectivity index (χ0) is 20.1. The van der Waals surface area contributed by atoms with Crippen LogP contribution in [0.4, 0.5) is 0 Å². The predicted molar refractivity (Wildman–Crippen MR) is 105 cm³/mol. The second-order valence-corrected chi connectivity index (χ2v) is 7.53. The van der Waals surface area contributed by atoms with Crippen LogP contribution in [0.2, 0.25) is 0 Å². The van der Waals surface area contributed by atoms with E-state index in [2.05, 4.69) is 10.6 Å². The molecule has 2 aliphatic rings. The van der Waals surface area contributed by atoms with Crippen LogP contribution in [0.3, 0.4) is 0 Å². The van der Waals surface area contributed by atoms with Crippen molar-refractivity contribution in [3.05, 3.63) is 29.8 Å². The van der Waals surface area contributed by atoms with E-state index < -0.39 is 6.04 Å². The summed E-state index contributed by atoms with van der Waals surface area (Å²) in [6.07, 6.45) is 3.89. The van der Waals surface area contributed by atoms with Crippen molar-refractivity contribution in [1.82, 2.24) is 15.5 Å². The highest BCUT2D eigenvalue weighted by Gasteiger charge is 2.36. The summed E-state index contributed by atoms with van der Waals surface area (Å²) in [6, 6.07) is 6.47. The number of hydrogen-bond donors (Lipinski definition) is 2. The third-order valence-electron chi connectivity index (χ3n) is 5.51. The van der Waals surface area contributed by atoms with Gasteiger partial charge in [-0.2, -0.15) is 0 Å². The molecular formula is C21H29N3O4. The molecule has 2 N–H and O–H groups in total. The molecule has 3 amide bonds. The molecule has 7 heteroatoms. The molecule has 0 aromatic heterocycles. The number of rotatable bonds is 7. The van der Waals surface area contributed by atoms with Gasteiger partial charge in [-0.05, 0) is 55.9 Å². The van der Waals surface area contributed by atoms with Crippen LogP contribution in [0.1, 0.15) is 49.4 Å². The normalized spacial score (nSPS) is 18.3. The number of piperidine rings is 1. The first-order valence-corrected chi connectivity index (χ1v) is 10.0. The Hall–Kier alpha value is -2.57. The molecule has 1 atom stereocenters. The fourth-order valence-corrected chi connectivity index (χ4v) is 3.59. The van der Waals surface area contributed by atoms with Crippen molar-refractivity contribution in [3.63, 3.8) is 0 Å². The summed E-state index contributed by atoms with van der Waals surface area (Å²) in [7, 11) is 1.57. The van der Waals surface area contributed by atoms with Gasteiger partial charge in [-0.25, -0.2) is 0 Å². The molecule has 3 rings (SSSR count). The number of nitrogens with one attached hydrogen (secondary N) is 2. The van der Waals surface area contributed by atoms with Crippen molar-refractivity contribution >= 4 is 17.7 Å². The fourth-order valence-electron chi connectivity index (χ4n) is 3.59. The van der Waals surface area contributed by atoms with Gasteiger partial charge in [0.25, 0.3) is 5.91 Å². The molecule has 0 radical (unpaired) electrons. The van der Waals surface area contributed by atoms with Crippen molar-refractivity contribution in [1.29, 1.82) is 0 Å². The van der Waals surface area contributed by atoms with Gasteiger partial charge >= 0.3 is 0 Å². The Bertz CT molecular complexity index is 707. The smallest absolute Gasteiger partial charge is 0.251 e. The number of benzene rings is 1. The molecule has 1 saturated heterocycles. The molecule has 1 saturated carbocycles. The molecule has 1 aliphatic carbocycles. The SMILES string of the molecule is CCC(=O)N1CCC([C@H](NC(=O)c2ccc(OC)cc2)C(=O)NC2CC2)CC1. The van der Waals surface area contributed by atoms with E-state index in [1.165, 1.54) is 0 Å². The highest BCUT2D eigenvalue weighted by Crippen LogP contribution is 2.24. The van der Waals surface area contributed by atoms with Gasteiger partial charge < -0.3 is 20.3 Å². The number of carbonyl (C=O) groups excluding carboxylic acids is 3. The fraction of sp³-hybridized carbons (Fsp3) is 0.571. The van der Waals surface area contributed by atoms with Crippen molar-refractivity contribution in [2.45, 2.75) is 51.1 Å². The molecular weight excluding hydrogens is 358 g/mol. The third kappa shape index (κ3) is 5.03. The molecule has 7 nitrogen and oxygen atoms in total. The Morgan fingerprint density at radius 1 is 1.11 bits per heavy atom. The van der Waals surface area contributed by atoms with Crippen molar-refractivity contribution in [3.8, 4) is 5.75 Å². The van der Waals surface area contributed by atoms with E-state index in [0.717, 1.165) is 12.8 Å². The van der Waals surface area contributed by atoms with Gasteiger partial charge in [-0.15, -0.1) is 0 Å². The lowest BCUT2D eigenvalue weighted by molar-refractivity contribution is -0.132. The van der Waals surface area contributed by atoms with Crippen LogP contribution in [0, 0.1) is 5.92 Å². The van der Waals surface area contributed by atoms with Crippen LogP contribution in [0.15, 0.2) is 24.3 Å². The standard InChI is InChI=1S/C21H29N3O4/c1-3-18(25)24-12-10-14(11-13-24)19(21(27)22-16-6-7-16)23-20(26)15-4-8-17(28-2)9-5-15/h4-5,8-9,14,16,19H,3,6-7,10-13H2,1-2H3,(H,22,27)(H,23,26)/t19-/m0/s1. The summed E-state index contributed by atoms with van der Waals surface area (Å²) in [6.45, 7) is 3.11. The number of likely N-dealkylation sites (tertiary alicyclic amines) is 1. The number of carbonyl (C=O) groups is 3. The highest BCUT2D eigenvalue weighted by molar-refractivity contribution is 5.97. The average molecular weight is 387 g/mol. The van der Waals surface area contributed by atoms with Crippen LogP contribution < -0.4 is 15.4 Å². The van der Waals surface area contributed by atoms with E-state index in [4.69, 9.17) is 4.74 Å². The molecule has 152 valence electrons. The second kappa shape index (κ2) is 9.08. The molecule has 0 bridgehead atoms. The zero-order valence-electron chi connectivity index (χ0n) is 16.6. The topological polar surface area (TPSA) is 87.7 Å². The van der Waals surface area contributed by atoms with Crippen LogP contribution in [-0.2, 0) is 9.59 Å². The number of nitrogens with zero attached hydrogens (tertiary/aromatic N) is 1. The largest absolute Gasteiger partial charge is 0.497 e. The van der Waals surface area contributed by atoms with Crippen LogP contribution >= 0.6 is 0 Å². The van der Waals surface area contributed by atoms with E-state index in [9.17, 15) is 14.4 Å². The number of hydrogen-bond acceptors (Lipinski definition) is 4. The van der Waals surface area contributed by atoms with Crippen LogP contribution in [0.5, 0.6) is 5.75 Å². The van der Waals surface area contributed by atoms with Gasteiger partial charge in [0, 0.05) is 31.1 Å². The molecule has 1 aromatic carbocycles. The van der Waals surface area contributed by atoms with Crippen molar-refractivity contribution in [2.24, 2.45) is 5.92 Å². The maximum atomic E-state index is 12.8. The number of amides is 3. The Kier molecular flexibility index (Phi) is 6.54. The molecule has 1 aliphatic heterocycles. The van der Waals surface area contributed by atoms with Gasteiger partial charge in [-0.1, -0.05) is 6.92 Å². The summed E-state index contributed by atoms with van der Waals surface area (Å²) in [5.41, 5.74) is 0.489. The molecule has 0 unspecified atom stereocenters. The van der Waals surface area contributed by atoms with E-state index in [0.29, 0.717) is 43.7 Å². The zero-order valence-corrected chi connectivity index (χ0v) is 16.6. The highest BCUT2D eigenvalue weighted by atomic mass is 16.5. The average Bonchev–Trinajstić information content (AvgIpc) is 3.55. The summed E-state index contributed by atoms with van der Waals surface area (Å²) in [5, 5.41) is 5.95. The first-order valence-electron chi connectivity index (χ1n) is 10.0. The minimum atomic E-state index is -0.589. The first kappa shape index (κ1) is 20.2. The molecule has 0 spiro atoms. The minimum absolute atomic E-state index is 0.0156. The monoisotopic (exact) mass is 387 g/mol. The lowest BCUT2D eigenvalue weighted by Gasteiger charge is -2.35. The molecule has 2 fully saturated rings. The van der Waals surface area contributed by atoms with Crippen molar-refractivity contribution < 1.29 is 19.1 Å². The Morgan fingerprint density at radius 3 is 2.29 bits per heavy atom. The van der Waals surface area contributed by atoms with Gasteiger partial charge in [0.1, 0.15) is 11.8 Å². The number of ether oxygens (including phenoxy) is 1. The maximum absolute atomic E-state index is 12.8. The predicted octanol–water partition coefficient (Wildman–Crippen LogP) is 1.72. The van der Waals surface area contributed by atoms with Gasteiger partial charge in [0.2, 0.25) is 11.8 Å². The lowest BCUT2D eigenvalue weighted by atomic mass is 9.88. The third-order valence-corrected chi connectivity index (χ3v) is 5.51. The first-order chi connectivity index (χ1) is 13.5. The minimum Gasteiger partial charge on any atom is -0.497 e. The lowest BCUT2D eigenvalue weighted by Crippen LogP contribution is -2.54. The Morgan fingerprint density at radius 2 is 1.75 bits per heavy atom. The van der Waals surface area contributed by atoms with E-state index in [1.807, 2.05) is 11.8 Å². The van der Waals surface area contributed by atoms with E-state index in [-0.39, 0.29) is 29.7 Å².